The summed E-state index contributed by atoms with van der Waals surface area (Å²) in [5.41, 5.74) is 1.83. The van der Waals surface area contributed by atoms with Gasteiger partial charge < -0.3 is 5.32 Å². The second kappa shape index (κ2) is 10.1. The third-order valence-corrected chi connectivity index (χ3v) is 8.17. The Bertz CT molecular complexity index is 852. The van der Waals surface area contributed by atoms with E-state index in [2.05, 4.69) is 30.1 Å². The van der Waals surface area contributed by atoms with Gasteiger partial charge in [-0.05, 0) is 70.7 Å². The molecule has 166 valence electrons. The number of allylic oxidation sites excluding steroid dienone is 1. The van der Waals surface area contributed by atoms with Gasteiger partial charge in [0.05, 0.1) is 4.90 Å². The minimum absolute atomic E-state index is 0.0225. The van der Waals surface area contributed by atoms with Crippen LogP contribution in [0, 0.1) is 0 Å². The summed E-state index contributed by atoms with van der Waals surface area (Å²) in [6.45, 7) is 9.66. The van der Waals surface area contributed by atoms with E-state index in [0.29, 0.717) is 12.1 Å². The second-order valence-corrected chi connectivity index (χ2v) is 10.7. The van der Waals surface area contributed by atoms with E-state index in [4.69, 9.17) is 0 Å². The zero-order chi connectivity index (χ0) is 21.7. The first-order valence-corrected chi connectivity index (χ1v) is 12.5. The number of benzene rings is 1. The van der Waals surface area contributed by atoms with Gasteiger partial charge in [0.25, 0.3) is 5.91 Å². The Hall–Kier alpha value is -1.70. The number of sulfonamides is 1. The molecule has 30 heavy (non-hydrogen) atoms. The molecule has 0 bridgehead atoms. The number of piperidine rings is 2. The number of nitrogens with one attached hydrogen (secondary N) is 1. The fourth-order valence-corrected chi connectivity index (χ4v) is 5.88. The van der Waals surface area contributed by atoms with Crippen LogP contribution in [0.25, 0.3) is 0 Å². The Morgan fingerprint density at radius 3 is 2.33 bits per heavy atom. The quantitative estimate of drug-likeness (QED) is 0.698. The van der Waals surface area contributed by atoms with Crippen molar-refractivity contribution in [2.45, 2.75) is 69.9 Å². The predicted octanol–water partition coefficient (Wildman–Crippen LogP) is 3.41. The van der Waals surface area contributed by atoms with Crippen LogP contribution in [-0.2, 0) is 10.0 Å². The first kappa shape index (κ1) is 23.0. The molecule has 0 radical (unpaired) electrons. The van der Waals surface area contributed by atoms with Crippen molar-refractivity contribution < 1.29 is 13.2 Å². The molecule has 1 aromatic rings. The Labute approximate surface area is 181 Å². The molecule has 2 heterocycles. The molecule has 0 saturated carbocycles. The van der Waals surface area contributed by atoms with Crippen molar-refractivity contribution >= 4 is 15.9 Å². The normalized spacial score (nSPS) is 21.9. The number of carbonyl (C=O) groups excluding carboxylic acids is 1. The summed E-state index contributed by atoms with van der Waals surface area (Å²) < 4.78 is 27.5. The van der Waals surface area contributed by atoms with Gasteiger partial charge in [0.1, 0.15) is 0 Å². The smallest absolute Gasteiger partial charge is 0.251 e. The van der Waals surface area contributed by atoms with Gasteiger partial charge in [-0.2, -0.15) is 4.31 Å². The molecule has 0 aliphatic carbocycles. The highest BCUT2D eigenvalue weighted by atomic mass is 32.2. The largest absolute Gasteiger partial charge is 0.349 e. The van der Waals surface area contributed by atoms with Crippen molar-refractivity contribution in [1.82, 2.24) is 14.5 Å². The zero-order valence-corrected chi connectivity index (χ0v) is 19.2. The van der Waals surface area contributed by atoms with Crippen molar-refractivity contribution in [1.29, 1.82) is 0 Å². The van der Waals surface area contributed by atoms with Crippen LogP contribution < -0.4 is 5.32 Å². The molecule has 2 fully saturated rings. The highest BCUT2D eigenvalue weighted by Crippen LogP contribution is 2.25. The van der Waals surface area contributed by atoms with Crippen LogP contribution in [0.4, 0.5) is 0 Å². The van der Waals surface area contributed by atoms with Crippen LogP contribution in [0.2, 0.25) is 0 Å². The van der Waals surface area contributed by atoms with Crippen LogP contribution >= 0.6 is 0 Å². The molecular weight excluding hydrogens is 398 g/mol. The van der Waals surface area contributed by atoms with E-state index in [0.717, 1.165) is 51.7 Å². The van der Waals surface area contributed by atoms with Crippen LogP contribution in [-0.4, -0.2) is 61.8 Å². The summed E-state index contributed by atoms with van der Waals surface area (Å²) in [5, 5.41) is 3.11. The predicted molar refractivity (Wildman–Crippen MR) is 120 cm³/mol. The van der Waals surface area contributed by atoms with Crippen molar-refractivity contribution in [3.8, 4) is 0 Å². The summed E-state index contributed by atoms with van der Waals surface area (Å²) in [4.78, 5) is 15.3. The van der Waals surface area contributed by atoms with Crippen LogP contribution in [0.5, 0.6) is 0 Å². The molecule has 1 amide bonds. The molecule has 6 nitrogen and oxygen atoms in total. The Balaban J connectivity index is 1.56. The molecule has 1 aromatic carbocycles. The zero-order valence-electron chi connectivity index (χ0n) is 18.4. The number of rotatable bonds is 6. The average molecular weight is 434 g/mol. The fourth-order valence-electron chi connectivity index (χ4n) is 4.18. The lowest BCUT2D eigenvalue weighted by atomic mass is 10.0. The molecule has 2 saturated heterocycles. The SMILES string of the molecule is CC(C)=CCN1CCC(NC(=O)c2ccc(S(=O)(=O)N3CCCCC3C)cc2)CC1. The van der Waals surface area contributed by atoms with E-state index in [-0.39, 0.29) is 22.9 Å². The maximum absolute atomic E-state index is 12.9. The van der Waals surface area contributed by atoms with Gasteiger partial charge in [-0.3, -0.25) is 9.69 Å². The third kappa shape index (κ3) is 5.71. The standard InChI is InChI=1S/C23H35N3O3S/c1-18(2)11-15-25-16-12-21(13-17-25)24-23(27)20-7-9-22(10-8-20)30(28,29)26-14-5-4-6-19(26)3/h7-11,19,21H,4-6,12-17H2,1-3H3,(H,24,27). The molecule has 1 atom stereocenters. The average Bonchev–Trinajstić information content (AvgIpc) is 2.73. The van der Waals surface area contributed by atoms with E-state index >= 15 is 0 Å². The fraction of sp³-hybridized carbons (Fsp3) is 0.609. The number of carbonyl (C=O) groups is 1. The number of hydrogen-bond acceptors (Lipinski definition) is 4. The summed E-state index contributed by atoms with van der Waals surface area (Å²) >= 11 is 0. The van der Waals surface area contributed by atoms with E-state index < -0.39 is 10.0 Å². The van der Waals surface area contributed by atoms with Gasteiger partial charge in [-0.25, -0.2) is 8.42 Å². The van der Waals surface area contributed by atoms with Crippen LogP contribution in [0.3, 0.4) is 0 Å². The van der Waals surface area contributed by atoms with Crippen LogP contribution in [0.15, 0.2) is 40.8 Å². The first-order valence-electron chi connectivity index (χ1n) is 11.1. The minimum atomic E-state index is -3.51. The number of likely N-dealkylation sites (tertiary alicyclic amines) is 1. The summed E-state index contributed by atoms with van der Waals surface area (Å²) in [6, 6.07) is 6.57. The van der Waals surface area contributed by atoms with E-state index in [1.54, 1.807) is 28.6 Å². The van der Waals surface area contributed by atoms with Crippen LogP contribution in [0.1, 0.15) is 63.2 Å². The van der Waals surface area contributed by atoms with Gasteiger partial charge in [-0.1, -0.05) is 18.1 Å². The van der Waals surface area contributed by atoms with Gasteiger partial charge in [-0.15, -0.1) is 0 Å². The highest BCUT2D eigenvalue weighted by Gasteiger charge is 2.31. The molecule has 0 spiro atoms. The van der Waals surface area contributed by atoms with E-state index in [1.807, 2.05) is 6.92 Å². The monoisotopic (exact) mass is 433 g/mol. The van der Waals surface area contributed by atoms with Gasteiger partial charge in [0, 0.05) is 43.8 Å². The maximum Gasteiger partial charge on any atom is 0.251 e. The van der Waals surface area contributed by atoms with E-state index in [1.165, 1.54) is 5.57 Å². The minimum Gasteiger partial charge on any atom is -0.349 e. The molecule has 1 N–H and O–H groups in total. The van der Waals surface area contributed by atoms with Crippen molar-refractivity contribution in [2.75, 3.05) is 26.2 Å². The van der Waals surface area contributed by atoms with Gasteiger partial charge in [0.15, 0.2) is 0 Å². The molecule has 7 heteroatoms. The highest BCUT2D eigenvalue weighted by molar-refractivity contribution is 7.89. The number of nitrogens with zero attached hydrogens (tertiary/aromatic N) is 2. The van der Waals surface area contributed by atoms with E-state index in [9.17, 15) is 13.2 Å². The van der Waals surface area contributed by atoms with Crippen molar-refractivity contribution in [2.24, 2.45) is 0 Å². The maximum atomic E-state index is 12.9. The van der Waals surface area contributed by atoms with Crippen molar-refractivity contribution in [3.63, 3.8) is 0 Å². The second-order valence-electron chi connectivity index (χ2n) is 8.81. The molecule has 2 aliphatic rings. The van der Waals surface area contributed by atoms with Gasteiger partial charge >= 0.3 is 0 Å². The molecule has 1 unspecified atom stereocenters. The lowest BCUT2D eigenvalue weighted by Gasteiger charge is -2.32. The molecule has 0 aromatic heterocycles. The summed E-state index contributed by atoms with van der Waals surface area (Å²) in [6.07, 6.45) is 6.96. The number of amides is 1. The lowest BCUT2D eigenvalue weighted by molar-refractivity contribution is 0.0914. The molecule has 3 rings (SSSR count). The number of hydrogen-bond donors (Lipinski definition) is 1. The summed E-state index contributed by atoms with van der Waals surface area (Å²) in [5.74, 6) is -0.131. The third-order valence-electron chi connectivity index (χ3n) is 6.15. The lowest BCUT2D eigenvalue weighted by Crippen LogP contribution is -2.44. The first-order chi connectivity index (χ1) is 14.3. The summed E-state index contributed by atoms with van der Waals surface area (Å²) in [7, 11) is -3.51. The Morgan fingerprint density at radius 2 is 1.73 bits per heavy atom. The topological polar surface area (TPSA) is 69.7 Å². The van der Waals surface area contributed by atoms with Gasteiger partial charge in [0.2, 0.25) is 10.0 Å². The molecular formula is C23H35N3O3S. The molecule has 2 aliphatic heterocycles. The van der Waals surface area contributed by atoms with Crippen molar-refractivity contribution in [3.05, 3.63) is 41.5 Å². The Morgan fingerprint density at radius 1 is 1.07 bits per heavy atom. The Kier molecular flexibility index (Phi) is 7.71.